The highest BCUT2D eigenvalue weighted by Crippen LogP contribution is 2.22. The lowest BCUT2D eigenvalue weighted by molar-refractivity contribution is 0.441. The van der Waals surface area contributed by atoms with E-state index in [-0.39, 0.29) is 6.04 Å². The minimum absolute atomic E-state index is 0.217. The van der Waals surface area contributed by atoms with Gasteiger partial charge in [0.25, 0.3) is 0 Å². The van der Waals surface area contributed by atoms with Gasteiger partial charge in [-0.2, -0.15) is 9.78 Å². The summed E-state index contributed by atoms with van der Waals surface area (Å²) in [5.41, 5.74) is 2.26. The summed E-state index contributed by atoms with van der Waals surface area (Å²) in [6.45, 7) is 0.758. The van der Waals surface area contributed by atoms with Gasteiger partial charge in [0.1, 0.15) is 18.5 Å². The number of aryl methyl sites for hydroxylation is 1. The van der Waals surface area contributed by atoms with Crippen LogP contribution in [0.25, 0.3) is 16.9 Å². The summed E-state index contributed by atoms with van der Waals surface area (Å²) in [4.78, 5) is 13.0. The van der Waals surface area contributed by atoms with Crippen molar-refractivity contribution in [1.82, 2.24) is 39.7 Å². The number of hydrogen-bond donors (Lipinski definition) is 1. The van der Waals surface area contributed by atoms with E-state index in [1.165, 1.54) is 6.33 Å². The van der Waals surface area contributed by atoms with Gasteiger partial charge in [-0.05, 0) is 18.6 Å². The summed E-state index contributed by atoms with van der Waals surface area (Å²) >= 11 is 0. The molecule has 4 heterocycles. The van der Waals surface area contributed by atoms with Crippen LogP contribution in [0.1, 0.15) is 12.2 Å². The van der Waals surface area contributed by atoms with Crippen molar-refractivity contribution < 1.29 is 0 Å². The Balaban J connectivity index is 1.48. The third-order valence-electron chi connectivity index (χ3n) is 4.38. The summed E-state index contributed by atoms with van der Waals surface area (Å²) in [5, 5.41) is 16.2. The predicted molar refractivity (Wildman–Crippen MR) is 90.2 cm³/mol. The maximum absolute atomic E-state index is 4.37. The van der Waals surface area contributed by atoms with Gasteiger partial charge < -0.3 is 5.32 Å². The molecule has 0 spiro atoms. The fourth-order valence-electron chi connectivity index (χ4n) is 3.15. The third kappa shape index (κ3) is 2.40. The molecule has 0 saturated carbocycles. The maximum atomic E-state index is 4.37. The molecule has 25 heavy (non-hydrogen) atoms. The predicted octanol–water partition coefficient (Wildman–Crippen LogP) is 1.23. The molecule has 1 N–H and O–H groups in total. The van der Waals surface area contributed by atoms with E-state index in [4.69, 9.17) is 0 Å². The monoisotopic (exact) mass is 333 g/mol. The molecule has 0 aliphatic carbocycles. The van der Waals surface area contributed by atoms with Crippen LogP contribution in [-0.2, 0) is 13.0 Å². The number of fused-ring (bicyclic) bond motifs is 2. The molecule has 1 aliphatic rings. The van der Waals surface area contributed by atoms with Crippen molar-refractivity contribution in [2.75, 3.05) is 5.32 Å². The maximum Gasteiger partial charge on any atom is 0.188 e. The van der Waals surface area contributed by atoms with Gasteiger partial charge in [0.15, 0.2) is 17.0 Å². The van der Waals surface area contributed by atoms with Crippen molar-refractivity contribution in [2.45, 2.75) is 25.4 Å². The first-order chi connectivity index (χ1) is 12.4. The highest BCUT2D eigenvalue weighted by Gasteiger charge is 2.22. The standard InChI is InChI=1S/C16H15N9/c1-2-4-12(5-3-1)25-16-14(22-23-25)15(18-9-19-16)21-11-6-7-13-17-10-20-24(13)8-11/h1-5,9-11H,6-8H2,(H,18,19,21)/t11-/m0/s1. The van der Waals surface area contributed by atoms with E-state index in [0.29, 0.717) is 17.0 Å². The number of nitrogens with zero attached hydrogens (tertiary/aromatic N) is 8. The van der Waals surface area contributed by atoms with Crippen LogP contribution >= 0.6 is 0 Å². The molecule has 0 amide bonds. The third-order valence-corrected chi connectivity index (χ3v) is 4.38. The molecule has 3 aromatic heterocycles. The first-order valence-corrected chi connectivity index (χ1v) is 8.13. The topological polar surface area (TPSA) is 99.2 Å². The second-order valence-electron chi connectivity index (χ2n) is 5.97. The molecule has 0 bridgehead atoms. The highest BCUT2D eigenvalue weighted by atomic mass is 15.4. The zero-order chi connectivity index (χ0) is 16.6. The van der Waals surface area contributed by atoms with Gasteiger partial charge >= 0.3 is 0 Å². The second-order valence-corrected chi connectivity index (χ2v) is 5.97. The van der Waals surface area contributed by atoms with E-state index < -0.39 is 0 Å². The molecule has 4 aromatic rings. The first kappa shape index (κ1) is 14.0. The highest BCUT2D eigenvalue weighted by molar-refractivity contribution is 5.83. The van der Waals surface area contributed by atoms with E-state index in [0.717, 1.165) is 30.9 Å². The van der Waals surface area contributed by atoms with Crippen LogP contribution in [0.4, 0.5) is 5.82 Å². The van der Waals surface area contributed by atoms with Gasteiger partial charge in [0.2, 0.25) is 0 Å². The number of aromatic nitrogens is 8. The molecule has 5 rings (SSSR count). The molecule has 0 saturated heterocycles. The van der Waals surface area contributed by atoms with E-state index in [1.54, 1.807) is 11.0 Å². The van der Waals surface area contributed by atoms with Gasteiger partial charge in [-0.15, -0.1) is 5.10 Å². The normalized spacial score (nSPS) is 16.7. The van der Waals surface area contributed by atoms with Crippen molar-refractivity contribution in [2.24, 2.45) is 0 Å². The summed E-state index contributed by atoms with van der Waals surface area (Å²) in [5.74, 6) is 1.72. The quantitative estimate of drug-likeness (QED) is 0.602. The van der Waals surface area contributed by atoms with Crippen molar-refractivity contribution in [3.8, 4) is 5.69 Å². The van der Waals surface area contributed by atoms with Crippen LogP contribution in [0.15, 0.2) is 43.0 Å². The lowest BCUT2D eigenvalue weighted by Crippen LogP contribution is -2.32. The Morgan fingerprint density at radius 1 is 1.04 bits per heavy atom. The Bertz CT molecular complexity index is 1020. The molecule has 0 fully saturated rings. The minimum Gasteiger partial charge on any atom is -0.363 e. The Morgan fingerprint density at radius 3 is 2.88 bits per heavy atom. The largest absolute Gasteiger partial charge is 0.363 e. The van der Waals surface area contributed by atoms with Gasteiger partial charge in [-0.1, -0.05) is 23.4 Å². The lowest BCUT2D eigenvalue weighted by Gasteiger charge is -2.23. The van der Waals surface area contributed by atoms with Crippen LogP contribution in [0.3, 0.4) is 0 Å². The fraction of sp³-hybridized carbons (Fsp3) is 0.250. The van der Waals surface area contributed by atoms with Gasteiger partial charge in [-0.3, -0.25) is 0 Å². The van der Waals surface area contributed by atoms with Crippen molar-refractivity contribution in [1.29, 1.82) is 0 Å². The molecule has 1 aliphatic heterocycles. The van der Waals surface area contributed by atoms with Gasteiger partial charge in [0.05, 0.1) is 12.2 Å². The van der Waals surface area contributed by atoms with Crippen LogP contribution < -0.4 is 5.32 Å². The van der Waals surface area contributed by atoms with Crippen LogP contribution in [0.2, 0.25) is 0 Å². The average molecular weight is 333 g/mol. The molecule has 9 nitrogen and oxygen atoms in total. The van der Waals surface area contributed by atoms with E-state index in [2.05, 4.69) is 35.7 Å². The zero-order valence-corrected chi connectivity index (χ0v) is 13.3. The smallest absolute Gasteiger partial charge is 0.188 e. The molecular formula is C16H15N9. The number of anilines is 1. The van der Waals surface area contributed by atoms with Crippen LogP contribution in [0, 0.1) is 0 Å². The number of nitrogens with one attached hydrogen (secondary N) is 1. The van der Waals surface area contributed by atoms with Crippen LogP contribution in [0.5, 0.6) is 0 Å². The fourth-order valence-corrected chi connectivity index (χ4v) is 3.15. The van der Waals surface area contributed by atoms with Crippen LogP contribution in [-0.4, -0.2) is 45.8 Å². The zero-order valence-electron chi connectivity index (χ0n) is 13.3. The minimum atomic E-state index is 0.217. The summed E-state index contributed by atoms with van der Waals surface area (Å²) in [6, 6.07) is 10.0. The number of hydrogen-bond acceptors (Lipinski definition) is 7. The van der Waals surface area contributed by atoms with E-state index >= 15 is 0 Å². The van der Waals surface area contributed by atoms with Crippen molar-refractivity contribution in [3.05, 3.63) is 48.8 Å². The molecule has 124 valence electrons. The summed E-state index contributed by atoms with van der Waals surface area (Å²) in [6.07, 6.45) is 5.00. The number of benzene rings is 1. The first-order valence-electron chi connectivity index (χ1n) is 8.13. The SMILES string of the molecule is c1ccc(-n2nnc3c(N[C@H]4CCc5ncnn5C4)ncnc32)cc1. The number of para-hydroxylation sites is 1. The Kier molecular flexibility index (Phi) is 3.15. The Morgan fingerprint density at radius 2 is 1.96 bits per heavy atom. The second kappa shape index (κ2) is 5.62. The van der Waals surface area contributed by atoms with E-state index in [9.17, 15) is 0 Å². The lowest BCUT2D eigenvalue weighted by atomic mass is 10.1. The molecule has 9 heteroatoms. The summed E-state index contributed by atoms with van der Waals surface area (Å²) < 4.78 is 3.65. The molecule has 0 radical (unpaired) electrons. The summed E-state index contributed by atoms with van der Waals surface area (Å²) in [7, 11) is 0. The molecule has 1 aromatic carbocycles. The number of rotatable bonds is 3. The Hall–Kier alpha value is -3.36. The van der Waals surface area contributed by atoms with E-state index in [1.807, 2.05) is 35.0 Å². The molecule has 1 atom stereocenters. The molecule has 0 unspecified atom stereocenters. The van der Waals surface area contributed by atoms with Gasteiger partial charge in [0, 0.05) is 12.5 Å². The van der Waals surface area contributed by atoms with Crippen molar-refractivity contribution >= 4 is 17.0 Å². The van der Waals surface area contributed by atoms with Gasteiger partial charge in [-0.25, -0.2) is 19.6 Å². The average Bonchev–Trinajstić information content (AvgIpc) is 3.29. The van der Waals surface area contributed by atoms with Crippen molar-refractivity contribution in [3.63, 3.8) is 0 Å². The molecular weight excluding hydrogens is 318 g/mol. The Labute approximate surface area is 142 Å².